The van der Waals surface area contributed by atoms with Crippen molar-refractivity contribution in [2.75, 3.05) is 0 Å². The van der Waals surface area contributed by atoms with Crippen LogP contribution in [0.15, 0.2) is 54.6 Å². The van der Waals surface area contributed by atoms with Crippen molar-refractivity contribution in [3.63, 3.8) is 0 Å². The number of carbonyl (C=O) groups is 2. The van der Waals surface area contributed by atoms with Crippen molar-refractivity contribution in [1.29, 1.82) is 0 Å². The number of amides is 2. The molecule has 0 radical (unpaired) electrons. The van der Waals surface area contributed by atoms with E-state index in [0.29, 0.717) is 16.3 Å². The number of thioether (sulfide) groups is 1. The summed E-state index contributed by atoms with van der Waals surface area (Å²) >= 11 is 7.32. The summed E-state index contributed by atoms with van der Waals surface area (Å²) in [6.45, 7) is 1.80. The molecule has 2 amide bonds. The third-order valence-corrected chi connectivity index (χ3v) is 4.58. The molecule has 0 heterocycles. The molecule has 2 rings (SSSR count). The van der Waals surface area contributed by atoms with Gasteiger partial charge in [0.2, 0.25) is 0 Å². The molecule has 120 valence electrons. The van der Waals surface area contributed by atoms with Crippen LogP contribution in [0.5, 0.6) is 0 Å². The van der Waals surface area contributed by atoms with Crippen LogP contribution >= 0.6 is 23.4 Å². The summed E-state index contributed by atoms with van der Waals surface area (Å²) in [4.78, 5) is 23.8. The number of rotatable bonds is 5. The molecule has 4 nitrogen and oxygen atoms in total. The Hall–Kier alpha value is -1.98. The standard InChI is InChI=1S/C17H17ClN2O2S/c1-12(23-11-13-7-9-15(18)10-8-13)16(21)19-20-17(22)14-5-3-2-4-6-14/h2-10,12H,11H2,1H3,(H,19,21)(H,20,22)/t12-/m0/s1. The van der Waals surface area contributed by atoms with Crippen LogP contribution in [0, 0.1) is 0 Å². The van der Waals surface area contributed by atoms with Crippen LogP contribution < -0.4 is 10.9 Å². The zero-order chi connectivity index (χ0) is 16.7. The fourth-order valence-electron chi connectivity index (χ4n) is 1.76. The summed E-state index contributed by atoms with van der Waals surface area (Å²) in [6.07, 6.45) is 0. The first-order chi connectivity index (χ1) is 11.1. The molecule has 0 aromatic heterocycles. The lowest BCUT2D eigenvalue weighted by atomic mass is 10.2. The molecule has 2 N–H and O–H groups in total. The van der Waals surface area contributed by atoms with Gasteiger partial charge in [-0.15, -0.1) is 11.8 Å². The van der Waals surface area contributed by atoms with Gasteiger partial charge >= 0.3 is 0 Å². The average Bonchev–Trinajstić information content (AvgIpc) is 2.59. The fourth-order valence-corrected chi connectivity index (χ4v) is 2.73. The summed E-state index contributed by atoms with van der Waals surface area (Å²) in [5, 5.41) is 0.398. The second kappa shape index (κ2) is 8.60. The third-order valence-electron chi connectivity index (χ3n) is 3.12. The van der Waals surface area contributed by atoms with Crippen LogP contribution in [-0.2, 0) is 10.5 Å². The second-order valence-electron chi connectivity index (χ2n) is 4.89. The Kier molecular flexibility index (Phi) is 6.50. The van der Waals surface area contributed by atoms with Crippen molar-refractivity contribution in [2.45, 2.75) is 17.9 Å². The van der Waals surface area contributed by atoms with E-state index < -0.39 is 0 Å². The maximum Gasteiger partial charge on any atom is 0.269 e. The molecule has 1 atom stereocenters. The van der Waals surface area contributed by atoms with Crippen LogP contribution in [0.1, 0.15) is 22.8 Å². The molecule has 0 saturated heterocycles. The molecule has 0 spiro atoms. The normalized spacial score (nSPS) is 11.6. The van der Waals surface area contributed by atoms with Crippen LogP contribution in [0.2, 0.25) is 5.02 Å². The maximum absolute atomic E-state index is 12.0. The third kappa shape index (κ3) is 5.62. The minimum absolute atomic E-state index is 0.242. The van der Waals surface area contributed by atoms with E-state index >= 15 is 0 Å². The predicted molar refractivity (Wildman–Crippen MR) is 94.3 cm³/mol. The monoisotopic (exact) mass is 348 g/mol. The Bertz CT molecular complexity index is 662. The predicted octanol–water partition coefficient (Wildman–Crippen LogP) is 3.42. The number of benzene rings is 2. The van der Waals surface area contributed by atoms with E-state index in [9.17, 15) is 9.59 Å². The molecule has 0 fully saturated rings. The van der Waals surface area contributed by atoms with Gasteiger partial charge in [-0.3, -0.25) is 20.4 Å². The minimum Gasteiger partial charge on any atom is -0.272 e. The molecular formula is C17H17ClN2O2S. The minimum atomic E-state index is -0.339. The molecule has 0 aliphatic carbocycles. The van der Waals surface area contributed by atoms with E-state index in [-0.39, 0.29) is 17.1 Å². The smallest absolute Gasteiger partial charge is 0.269 e. The van der Waals surface area contributed by atoms with Gasteiger partial charge in [0.15, 0.2) is 0 Å². The first-order valence-corrected chi connectivity index (χ1v) is 8.50. The van der Waals surface area contributed by atoms with Crippen molar-refractivity contribution in [3.8, 4) is 0 Å². The molecule has 0 unspecified atom stereocenters. The number of nitrogens with one attached hydrogen (secondary N) is 2. The SMILES string of the molecule is C[C@H](SCc1ccc(Cl)cc1)C(=O)NNC(=O)c1ccccc1. The summed E-state index contributed by atoms with van der Waals surface area (Å²) in [5.74, 6) is 0.111. The molecule has 0 bridgehead atoms. The van der Waals surface area contributed by atoms with Gasteiger partial charge in [-0.2, -0.15) is 0 Å². The molecule has 0 aliphatic heterocycles. The van der Waals surface area contributed by atoms with E-state index in [1.165, 1.54) is 11.8 Å². The zero-order valence-corrected chi connectivity index (χ0v) is 14.2. The highest BCUT2D eigenvalue weighted by Crippen LogP contribution is 2.19. The Morgan fingerprint density at radius 3 is 2.35 bits per heavy atom. The Labute approximate surface area is 144 Å². The van der Waals surface area contributed by atoms with Gasteiger partial charge < -0.3 is 0 Å². The van der Waals surface area contributed by atoms with Crippen LogP contribution in [0.3, 0.4) is 0 Å². The van der Waals surface area contributed by atoms with Gasteiger partial charge in [-0.05, 0) is 36.8 Å². The quantitative estimate of drug-likeness (QED) is 0.814. The molecule has 2 aromatic carbocycles. The van der Waals surface area contributed by atoms with Gasteiger partial charge in [0.05, 0.1) is 5.25 Å². The lowest BCUT2D eigenvalue weighted by Gasteiger charge is -2.13. The lowest BCUT2D eigenvalue weighted by molar-refractivity contribution is -0.121. The summed E-state index contributed by atoms with van der Waals surface area (Å²) in [6, 6.07) is 16.2. The van der Waals surface area contributed by atoms with Gasteiger partial charge in [-0.1, -0.05) is 41.9 Å². The Morgan fingerprint density at radius 1 is 1.04 bits per heavy atom. The highest BCUT2D eigenvalue weighted by Gasteiger charge is 2.14. The van der Waals surface area contributed by atoms with E-state index in [0.717, 1.165) is 5.56 Å². The first-order valence-electron chi connectivity index (χ1n) is 7.07. The van der Waals surface area contributed by atoms with Gasteiger partial charge in [0.25, 0.3) is 11.8 Å². The van der Waals surface area contributed by atoms with Crippen LogP contribution in [-0.4, -0.2) is 17.1 Å². The number of halogens is 1. The number of hydrogen-bond donors (Lipinski definition) is 2. The largest absolute Gasteiger partial charge is 0.272 e. The van der Waals surface area contributed by atoms with Crippen molar-refractivity contribution in [1.82, 2.24) is 10.9 Å². The van der Waals surface area contributed by atoms with E-state index in [1.807, 2.05) is 30.3 Å². The number of carbonyl (C=O) groups excluding carboxylic acids is 2. The summed E-state index contributed by atoms with van der Waals surface area (Å²) in [5.41, 5.74) is 6.45. The van der Waals surface area contributed by atoms with Crippen LogP contribution in [0.4, 0.5) is 0 Å². The number of hydrogen-bond acceptors (Lipinski definition) is 3. The van der Waals surface area contributed by atoms with E-state index in [2.05, 4.69) is 10.9 Å². The zero-order valence-electron chi connectivity index (χ0n) is 12.6. The lowest BCUT2D eigenvalue weighted by Crippen LogP contribution is -2.44. The van der Waals surface area contributed by atoms with Crippen molar-refractivity contribution >= 4 is 35.2 Å². The highest BCUT2D eigenvalue weighted by atomic mass is 35.5. The van der Waals surface area contributed by atoms with E-state index in [4.69, 9.17) is 11.6 Å². The molecule has 2 aromatic rings. The topological polar surface area (TPSA) is 58.2 Å². The second-order valence-corrected chi connectivity index (χ2v) is 6.65. The Morgan fingerprint density at radius 2 is 1.70 bits per heavy atom. The highest BCUT2D eigenvalue weighted by molar-refractivity contribution is 7.99. The van der Waals surface area contributed by atoms with Crippen LogP contribution in [0.25, 0.3) is 0 Å². The first kappa shape index (κ1) is 17.4. The van der Waals surface area contributed by atoms with Crippen molar-refractivity contribution in [3.05, 3.63) is 70.7 Å². The van der Waals surface area contributed by atoms with Gasteiger partial charge in [-0.25, -0.2) is 0 Å². The van der Waals surface area contributed by atoms with Crippen molar-refractivity contribution < 1.29 is 9.59 Å². The molecule has 0 saturated carbocycles. The molecular weight excluding hydrogens is 332 g/mol. The van der Waals surface area contributed by atoms with E-state index in [1.54, 1.807) is 31.2 Å². The fraction of sp³-hybridized carbons (Fsp3) is 0.176. The maximum atomic E-state index is 12.0. The Balaban J connectivity index is 1.76. The molecule has 6 heteroatoms. The number of hydrazine groups is 1. The molecule has 0 aliphatic rings. The average molecular weight is 349 g/mol. The molecule has 23 heavy (non-hydrogen) atoms. The summed E-state index contributed by atoms with van der Waals surface area (Å²) < 4.78 is 0. The summed E-state index contributed by atoms with van der Waals surface area (Å²) in [7, 11) is 0. The van der Waals surface area contributed by atoms with Gasteiger partial charge in [0, 0.05) is 16.3 Å². The van der Waals surface area contributed by atoms with Crippen molar-refractivity contribution in [2.24, 2.45) is 0 Å². The van der Waals surface area contributed by atoms with Gasteiger partial charge in [0.1, 0.15) is 0 Å².